The number of carbonyl (C=O) groups excluding carboxylic acids is 1. The van der Waals surface area contributed by atoms with Gasteiger partial charge in [-0.3, -0.25) is 0 Å². The Kier molecular flexibility index (Phi) is 7.12. The third-order valence-electron chi connectivity index (χ3n) is 5.14. The molecule has 2 aromatic rings. The minimum Gasteiger partial charge on any atom is -0.444 e. The van der Waals surface area contributed by atoms with Gasteiger partial charge in [0.25, 0.3) is 0 Å². The maximum atomic E-state index is 12.2. The van der Waals surface area contributed by atoms with Crippen LogP contribution in [0.15, 0.2) is 48.5 Å². The van der Waals surface area contributed by atoms with Gasteiger partial charge in [0.1, 0.15) is 5.60 Å². The molecule has 1 aliphatic rings. The topological polar surface area (TPSA) is 62.6 Å². The van der Waals surface area contributed by atoms with E-state index in [-0.39, 0.29) is 6.09 Å². The van der Waals surface area contributed by atoms with Crippen molar-refractivity contribution in [2.45, 2.75) is 45.8 Å². The van der Waals surface area contributed by atoms with Crippen LogP contribution < -0.4 is 0 Å². The van der Waals surface area contributed by atoms with Gasteiger partial charge in [0.2, 0.25) is 0 Å². The summed E-state index contributed by atoms with van der Waals surface area (Å²) >= 11 is 0. The fourth-order valence-corrected chi connectivity index (χ4v) is 3.56. The molecule has 5 nitrogen and oxygen atoms in total. The summed E-state index contributed by atoms with van der Waals surface area (Å²) in [5.41, 5.74) is 3.43. The maximum absolute atomic E-state index is 12.2. The lowest BCUT2D eigenvalue weighted by Gasteiger charge is -2.33. The molecular formula is C25H30N2O3. The number of benzene rings is 2. The van der Waals surface area contributed by atoms with Crippen LogP contribution in [-0.2, 0) is 16.1 Å². The van der Waals surface area contributed by atoms with Gasteiger partial charge in [-0.25, -0.2) is 4.79 Å². The highest BCUT2D eigenvalue weighted by molar-refractivity contribution is 5.68. The van der Waals surface area contributed by atoms with Crippen LogP contribution in [0, 0.1) is 17.2 Å². The molecular weight excluding hydrogens is 376 g/mol. The summed E-state index contributed by atoms with van der Waals surface area (Å²) in [5, 5.41) is 9.10. The number of likely N-dealkylation sites (tertiary alicyclic amines) is 1. The summed E-state index contributed by atoms with van der Waals surface area (Å²) in [7, 11) is 0. The van der Waals surface area contributed by atoms with Crippen molar-refractivity contribution in [3.05, 3.63) is 59.7 Å². The molecule has 0 bridgehead atoms. The molecule has 158 valence electrons. The number of piperidine rings is 1. The van der Waals surface area contributed by atoms with Crippen molar-refractivity contribution in [1.82, 2.24) is 4.90 Å². The average molecular weight is 407 g/mol. The first-order valence-corrected chi connectivity index (χ1v) is 10.5. The van der Waals surface area contributed by atoms with Gasteiger partial charge in [0.15, 0.2) is 0 Å². The van der Waals surface area contributed by atoms with E-state index in [9.17, 15) is 4.79 Å². The fourth-order valence-electron chi connectivity index (χ4n) is 3.56. The lowest BCUT2D eigenvalue weighted by atomic mass is 9.98. The number of ether oxygens (including phenoxy) is 2. The standard InChI is InChI=1S/C25H30N2O3/c1-25(2,3)30-24(28)27-12-10-19(11-13-27)17-29-18-21-7-5-9-23(15-21)22-8-4-6-20(14-22)16-26/h4-9,14-15,19H,10-13,17-18H2,1-3H3. The zero-order chi connectivity index (χ0) is 21.6. The molecule has 1 heterocycles. The molecule has 0 spiro atoms. The molecule has 0 atom stereocenters. The van der Waals surface area contributed by atoms with Gasteiger partial charge in [-0.2, -0.15) is 5.26 Å². The Morgan fingerprint density at radius 3 is 2.43 bits per heavy atom. The highest BCUT2D eigenvalue weighted by atomic mass is 16.6. The molecule has 30 heavy (non-hydrogen) atoms. The van der Waals surface area contributed by atoms with E-state index in [4.69, 9.17) is 14.7 Å². The average Bonchev–Trinajstić information content (AvgIpc) is 2.73. The Bertz CT molecular complexity index is 903. The smallest absolute Gasteiger partial charge is 0.410 e. The van der Waals surface area contributed by atoms with E-state index in [1.165, 1.54) is 0 Å². The highest BCUT2D eigenvalue weighted by Gasteiger charge is 2.26. The first kappa shape index (κ1) is 21.9. The van der Waals surface area contributed by atoms with E-state index in [0.717, 1.165) is 29.5 Å². The van der Waals surface area contributed by atoms with Crippen LogP contribution >= 0.6 is 0 Å². The summed E-state index contributed by atoms with van der Waals surface area (Å²) < 4.78 is 11.4. The summed E-state index contributed by atoms with van der Waals surface area (Å²) in [4.78, 5) is 14.0. The number of nitrogens with zero attached hydrogens (tertiary/aromatic N) is 2. The van der Waals surface area contributed by atoms with Crippen LogP contribution in [0.1, 0.15) is 44.7 Å². The van der Waals surface area contributed by atoms with Crippen LogP contribution in [0.25, 0.3) is 11.1 Å². The van der Waals surface area contributed by atoms with Gasteiger partial charge in [-0.15, -0.1) is 0 Å². The maximum Gasteiger partial charge on any atom is 0.410 e. The Morgan fingerprint density at radius 1 is 1.10 bits per heavy atom. The van der Waals surface area contributed by atoms with Crippen molar-refractivity contribution in [1.29, 1.82) is 5.26 Å². The van der Waals surface area contributed by atoms with Crippen molar-refractivity contribution >= 4 is 6.09 Å². The van der Waals surface area contributed by atoms with Gasteiger partial charge in [0, 0.05) is 19.7 Å². The molecule has 3 rings (SSSR count). The van der Waals surface area contributed by atoms with Gasteiger partial charge >= 0.3 is 6.09 Å². The molecule has 0 saturated carbocycles. The molecule has 1 aliphatic heterocycles. The van der Waals surface area contributed by atoms with Crippen molar-refractivity contribution in [3.8, 4) is 17.2 Å². The summed E-state index contributed by atoms with van der Waals surface area (Å²) in [5.74, 6) is 0.458. The second-order valence-corrected chi connectivity index (χ2v) is 8.82. The fraction of sp³-hybridized carbons (Fsp3) is 0.440. The molecule has 0 unspecified atom stereocenters. The third kappa shape index (κ3) is 6.33. The molecule has 1 amide bonds. The largest absolute Gasteiger partial charge is 0.444 e. The number of nitriles is 1. The van der Waals surface area contributed by atoms with Crippen LogP contribution in [-0.4, -0.2) is 36.3 Å². The second-order valence-electron chi connectivity index (χ2n) is 8.82. The Hall–Kier alpha value is -2.84. The first-order chi connectivity index (χ1) is 14.3. The predicted molar refractivity (Wildman–Crippen MR) is 117 cm³/mol. The van der Waals surface area contributed by atoms with Gasteiger partial charge in [0.05, 0.1) is 18.2 Å². The van der Waals surface area contributed by atoms with Gasteiger partial charge < -0.3 is 14.4 Å². The van der Waals surface area contributed by atoms with Crippen LogP contribution in [0.4, 0.5) is 4.79 Å². The van der Waals surface area contributed by atoms with Crippen molar-refractivity contribution in [2.75, 3.05) is 19.7 Å². The van der Waals surface area contributed by atoms with E-state index in [1.807, 2.05) is 57.2 Å². The zero-order valence-electron chi connectivity index (χ0n) is 18.1. The Morgan fingerprint density at radius 2 is 1.77 bits per heavy atom. The van der Waals surface area contributed by atoms with Crippen LogP contribution in [0.5, 0.6) is 0 Å². The SMILES string of the molecule is CC(C)(C)OC(=O)N1CCC(COCc2cccc(-c3cccc(C#N)c3)c2)CC1. The summed E-state index contributed by atoms with van der Waals surface area (Å²) in [6, 6.07) is 18.1. The predicted octanol–water partition coefficient (Wildman–Crippen LogP) is 5.39. The van der Waals surface area contributed by atoms with Crippen molar-refractivity contribution < 1.29 is 14.3 Å². The summed E-state index contributed by atoms with van der Waals surface area (Å²) in [6.45, 7) is 8.35. The molecule has 1 saturated heterocycles. The van der Waals surface area contributed by atoms with E-state index in [2.05, 4.69) is 18.2 Å². The minimum atomic E-state index is -0.457. The normalized spacial score (nSPS) is 14.9. The van der Waals surface area contributed by atoms with Crippen LogP contribution in [0.3, 0.4) is 0 Å². The van der Waals surface area contributed by atoms with E-state index in [1.54, 1.807) is 4.90 Å². The lowest BCUT2D eigenvalue weighted by molar-refractivity contribution is 0.0105. The van der Waals surface area contributed by atoms with Gasteiger partial charge in [-0.05, 0) is 74.4 Å². The van der Waals surface area contributed by atoms with E-state index >= 15 is 0 Å². The number of carbonyl (C=O) groups is 1. The molecule has 0 aliphatic carbocycles. The highest BCUT2D eigenvalue weighted by Crippen LogP contribution is 2.23. The molecule has 2 aromatic carbocycles. The zero-order valence-corrected chi connectivity index (χ0v) is 18.1. The number of hydrogen-bond acceptors (Lipinski definition) is 4. The number of amides is 1. The van der Waals surface area contributed by atoms with Crippen molar-refractivity contribution in [3.63, 3.8) is 0 Å². The van der Waals surface area contributed by atoms with E-state index in [0.29, 0.717) is 37.8 Å². The van der Waals surface area contributed by atoms with E-state index < -0.39 is 5.60 Å². The van der Waals surface area contributed by atoms with Crippen molar-refractivity contribution in [2.24, 2.45) is 5.92 Å². The minimum absolute atomic E-state index is 0.223. The second kappa shape index (κ2) is 9.77. The molecule has 0 aromatic heterocycles. The summed E-state index contributed by atoms with van der Waals surface area (Å²) in [6.07, 6.45) is 1.64. The van der Waals surface area contributed by atoms with Gasteiger partial charge in [-0.1, -0.05) is 30.3 Å². The molecule has 0 radical (unpaired) electrons. The quantitative estimate of drug-likeness (QED) is 0.668. The Labute approximate surface area is 179 Å². The number of rotatable bonds is 5. The molecule has 1 fully saturated rings. The molecule has 5 heteroatoms. The Balaban J connectivity index is 1.46. The van der Waals surface area contributed by atoms with Crippen LogP contribution in [0.2, 0.25) is 0 Å². The third-order valence-corrected chi connectivity index (χ3v) is 5.14. The molecule has 0 N–H and O–H groups in total. The number of hydrogen-bond donors (Lipinski definition) is 0. The lowest BCUT2D eigenvalue weighted by Crippen LogP contribution is -2.42. The first-order valence-electron chi connectivity index (χ1n) is 10.5. The monoisotopic (exact) mass is 406 g/mol.